The summed E-state index contributed by atoms with van der Waals surface area (Å²) in [5.41, 5.74) is 2.52. The van der Waals surface area contributed by atoms with Crippen LogP contribution in [-0.4, -0.2) is 31.6 Å². The first kappa shape index (κ1) is 18.6. The zero-order valence-corrected chi connectivity index (χ0v) is 15.1. The van der Waals surface area contributed by atoms with Crippen LogP contribution in [0.5, 0.6) is 0 Å². The van der Waals surface area contributed by atoms with Gasteiger partial charge in [0.2, 0.25) is 0 Å². The summed E-state index contributed by atoms with van der Waals surface area (Å²) in [6.07, 6.45) is 2.85. The van der Waals surface area contributed by atoms with E-state index in [1.165, 1.54) is 24.8 Å². The summed E-state index contributed by atoms with van der Waals surface area (Å²) >= 11 is 0. The minimum Gasteiger partial charge on any atom is -0.465 e. The molecule has 0 heterocycles. The van der Waals surface area contributed by atoms with Crippen LogP contribution >= 0.6 is 0 Å². The van der Waals surface area contributed by atoms with Gasteiger partial charge in [-0.3, -0.25) is 4.79 Å². The molecule has 0 saturated heterocycles. The van der Waals surface area contributed by atoms with Crippen LogP contribution in [0.2, 0.25) is 0 Å². The first-order valence-corrected chi connectivity index (χ1v) is 8.81. The van der Waals surface area contributed by atoms with E-state index < -0.39 is 18.5 Å². The third-order valence-electron chi connectivity index (χ3n) is 4.59. The summed E-state index contributed by atoms with van der Waals surface area (Å²) in [7, 11) is 1.24. The van der Waals surface area contributed by atoms with E-state index in [9.17, 15) is 14.4 Å². The molecule has 6 heteroatoms. The molecule has 140 valence electrons. The van der Waals surface area contributed by atoms with E-state index in [1.807, 2.05) is 18.2 Å². The van der Waals surface area contributed by atoms with Gasteiger partial charge < -0.3 is 14.8 Å². The minimum atomic E-state index is -0.741. The Morgan fingerprint density at radius 3 is 2.41 bits per heavy atom. The number of hydrogen-bond donors (Lipinski definition) is 1. The van der Waals surface area contributed by atoms with Crippen LogP contribution < -0.4 is 5.32 Å². The molecular formula is C21H21NO5. The van der Waals surface area contributed by atoms with Gasteiger partial charge >= 0.3 is 11.9 Å². The molecule has 1 aliphatic carbocycles. The van der Waals surface area contributed by atoms with Crippen LogP contribution in [0, 0.1) is 0 Å². The van der Waals surface area contributed by atoms with Crippen LogP contribution in [0.3, 0.4) is 0 Å². The van der Waals surface area contributed by atoms with E-state index in [1.54, 1.807) is 12.1 Å². The van der Waals surface area contributed by atoms with E-state index in [0.29, 0.717) is 0 Å². The highest BCUT2D eigenvalue weighted by Crippen LogP contribution is 2.29. The van der Waals surface area contributed by atoms with Crippen molar-refractivity contribution < 1.29 is 23.9 Å². The molecule has 0 radical (unpaired) electrons. The van der Waals surface area contributed by atoms with Gasteiger partial charge in [0.15, 0.2) is 6.61 Å². The second-order valence-electron chi connectivity index (χ2n) is 6.32. The maximum Gasteiger partial charge on any atom is 0.339 e. The fourth-order valence-corrected chi connectivity index (χ4v) is 3.30. The maximum absolute atomic E-state index is 12.3. The number of hydrogen-bond acceptors (Lipinski definition) is 5. The molecule has 0 saturated carbocycles. The van der Waals surface area contributed by atoms with Crippen molar-refractivity contribution in [2.24, 2.45) is 0 Å². The number of carbonyl (C=O) groups is 3. The van der Waals surface area contributed by atoms with Gasteiger partial charge in [-0.15, -0.1) is 0 Å². The van der Waals surface area contributed by atoms with Crippen molar-refractivity contribution in [3.8, 4) is 0 Å². The molecule has 1 N–H and O–H groups in total. The Morgan fingerprint density at radius 1 is 1.00 bits per heavy atom. The van der Waals surface area contributed by atoms with Crippen molar-refractivity contribution in [1.29, 1.82) is 0 Å². The Labute approximate surface area is 157 Å². The molecule has 2 aromatic rings. The largest absolute Gasteiger partial charge is 0.465 e. The first-order chi connectivity index (χ1) is 13.1. The molecule has 3 rings (SSSR count). The van der Waals surface area contributed by atoms with Crippen molar-refractivity contribution in [2.75, 3.05) is 13.7 Å². The topological polar surface area (TPSA) is 81.7 Å². The Kier molecular flexibility index (Phi) is 5.86. The summed E-state index contributed by atoms with van der Waals surface area (Å²) < 4.78 is 9.76. The van der Waals surface area contributed by atoms with Gasteiger partial charge in [-0.1, -0.05) is 36.4 Å². The van der Waals surface area contributed by atoms with Crippen molar-refractivity contribution >= 4 is 17.8 Å². The monoisotopic (exact) mass is 367 g/mol. The standard InChI is InChI=1S/C21H21NO5/c1-26-20(24)16-10-4-5-11-17(16)21(25)27-13-19(23)22-18-12-6-8-14-7-2-3-9-15(14)18/h2-5,7,9-11,18H,6,8,12-13H2,1H3,(H,22,23). The van der Waals surface area contributed by atoms with Gasteiger partial charge in [0, 0.05) is 0 Å². The number of methoxy groups -OCH3 is 1. The molecular weight excluding hydrogens is 346 g/mol. The molecule has 1 atom stereocenters. The molecule has 1 aliphatic rings. The molecule has 0 aliphatic heterocycles. The Bertz CT molecular complexity index is 861. The van der Waals surface area contributed by atoms with Gasteiger partial charge in [-0.2, -0.15) is 0 Å². The van der Waals surface area contributed by atoms with Gasteiger partial charge in [-0.05, 0) is 42.5 Å². The summed E-state index contributed by atoms with van der Waals surface area (Å²) in [6, 6.07) is 14.1. The van der Waals surface area contributed by atoms with Crippen molar-refractivity contribution in [1.82, 2.24) is 5.32 Å². The number of benzene rings is 2. The minimum absolute atomic E-state index is 0.0696. The molecule has 1 unspecified atom stereocenters. The predicted molar refractivity (Wildman–Crippen MR) is 98.3 cm³/mol. The summed E-state index contributed by atoms with van der Waals surface area (Å²) in [6.45, 7) is -0.410. The zero-order valence-electron chi connectivity index (χ0n) is 15.1. The second kappa shape index (κ2) is 8.49. The summed E-state index contributed by atoms with van der Waals surface area (Å²) in [4.78, 5) is 36.3. The van der Waals surface area contributed by atoms with E-state index in [4.69, 9.17) is 4.74 Å². The third kappa shape index (κ3) is 4.34. The highest BCUT2D eigenvalue weighted by molar-refractivity contribution is 6.03. The highest BCUT2D eigenvalue weighted by atomic mass is 16.5. The number of rotatable bonds is 5. The van der Waals surface area contributed by atoms with Crippen molar-refractivity contribution in [2.45, 2.75) is 25.3 Å². The van der Waals surface area contributed by atoms with Gasteiger partial charge in [0.25, 0.3) is 5.91 Å². The number of esters is 2. The fourth-order valence-electron chi connectivity index (χ4n) is 3.30. The van der Waals surface area contributed by atoms with Crippen LogP contribution in [0.4, 0.5) is 0 Å². The lowest BCUT2D eigenvalue weighted by molar-refractivity contribution is -0.125. The number of ether oxygens (including phenoxy) is 2. The normalized spacial score (nSPS) is 15.4. The molecule has 0 aromatic heterocycles. The highest BCUT2D eigenvalue weighted by Gasteiger charge is 2.23. The molecule has 0 bridgehead atoms. The smallest absolute Gasteiger partial charge is 0.339 e. The maximum atomic E-state index is 12.3. The number of amides is 1. The molecule has 6 nitrogen and oxygen atoms in total. The zero-order chi connectivity index (χ0) is 19.2. The van der Waals surface area contributed by atoms with E-state index >= 15 is 0 Å². The third-order valence-corrected chi connectivity index (χ3v) is 4.59. The Hall–Kier alpha value is -3.15. The predicted octanol–water partition coefficient (Wildman–Crippen LogP) is 2.82. The lowest BCUT2D eigenvalue weighted by atomic mass is 9.88. The van der Waals surface area contributed by atoms with Crippen LogP contribution in [0.15, 0.2) is 48.5 Å². The van der Waals surface area contributed by atoms with Crippen LogP contribution in [-0.2, 0) is 20.7 Å². The quantitative estimate of drug-likeness (QED) is 0.822. The van der Waals surface area contributed by atoms with Crippen LogP contribution in [0.25, 0.3) is 0 Å². The Morgan fingerprint density at radius 2 is 1.67 bits per heavy atom. The first-order valence-electron chi connectivity index (χ1n) is 8.81. The van der Waals surface area contributed by atoms with E-state index in [0.717, 1.165) is 24.8 Å². The second-order valence-corrected chi connectivity index (χ2v) is 6.32. The van der Waals surface area contributed by atoms with E-state index in [2.05, 4.69) is 16.1 Å². The van der Waals surface area contributed by atoms with Gasteiger partial charge in [0.05, 0.1) is 24.3 Å². The number of aryl methyl sites for hydroxylation is 1. The molecule has 0 spiro atoms. The lowest BCUT2D eigenvalue weighted by Gasteiger charge is -2.26. The van der Waals surface area contributed by atoms with E-state index in [-0.39, 0.29) is 23.1 Å². The lowest BCUT2D eigenvalue weighted by Crippen LogP contribution is -2.34. The summed E-state index contributed by atoms with van der Waals surface area (Å²) in [5, 5.41) is 2.92. The molecule has 0 fully saturated rings. The fraction of sp³-hybridized carbons (Fsp3) is 0.286. The van der Waals surface area contributed by atoms with Crippen molar-refractivity contribution in [3.05, 3.63) is 70.8 Å². The average Bonchev–Trinajstić information content (AvgIpc) is 2.71. The molecule has 27 heavy (non-hydrogen) atoms. The number of fused-ring (bicyclic) bond motifs is 1. The Balaban J connectivity index is 1.61. The number of carbonyl (C=O) groups excluding carboxylic acids is 3. The molecule has 1 amide bonds. The summed E-state index contributed by atoms with van der Waals surface area (Å²) in [5.74, 6) is -1.75. The van der Waals surface area contributed by atoms with Gasteiger partial charge in [-0.25, -0.2) is 9.59 Å². The average molecular weight is 367 g/mol. The molecule has 2 aromatic carbocycles. The van der Waals surface area contributed by atoms with Crippen molar-refractivity contribution in [3.63, 3.8) is 0 Å². The SMILES string of the molecule is COC(=O)c1ccccc1C(=O)OCC(=O)NC1CCCc2ccccc21. The van der Waals surface area contributed by atoms with Gasteiger partial charge in [0.1, 0.15) is 0 Å². The number of nitrogens with one attached hydrogen (secondary N) is 1. The van der Waals surface area contributed by atoms with Crippen LogP contribution in [0.1, 0.15) is 50.7 Å².